The number of hydrogen-bond donors (Lipinski definition) is 6. The fourth-order valence-electron chi connectivity index (χ4n) is 4.32. The van der Waals surface area contributed by atoms with Gasteiger partial charge in [0.1, 0.15) is 59.9 Å². The molecule has 2 aliphatic heterocycles. The molecular weight excluding hydrogens is 520 g/mol. The van der Waals surface area contributed by atoms with Crippen LogP contribution >= 0.6 is 0 Å². The van der Waals surface area contributed by atoms with Crippen LogP contribution in [0.4, 0.5) is 0 Å². The topological polar surface area (TPSA) is 202 Å². The number of fused-ring (bicyclic) bond motifs is 1. The van der Waals surface area contributed by atoms with Crippen LogP contribution in [0, 0.1) is 0 Å². The van der Waals surface area contributed by atoms with Crippen LogP contribution in [0.1, 0.15) is 41.8 Å². The first-order valence-electron chi connectivity index (χ1n) is 12.1. The molecule has 0 radical (unpaired) electrons. The molecule has 2 aromatic rings. The number of Topliss-reactive ketones (excluding diaryl/α,β-unsaturated/α-hetero) is 1. The zero-order chi connectivity index (χ0) is 28.4. The van der Waals surface area contributed by atoms with Crippen LogP contribution in [0.25, 0.3) is 0 Å². The molecule has 0 amide bonds. The first kappa shape index (κ1) is 28.4. The number of carbonyl (C=O) groups is 2. The molecule has 13 heteroatoms. The third-order valence-corrected chi connectivity index (χ3v) is 6.34. The van der Waals surface area contributed by atoms with Gasteiger partial charge in [-0.2, -0.15) is 0 Å². The van der Waals surface area contributed by atoms with Crippen molar-refractivity contribution in [3.8, 4) is 28.7 Å². The van der Waals surface area contributed by atoms with Gasteiger partial charge in [0, 0.05) is 12.1 Å². The lowest BCUT2D eigenvalue weighted by Gasteiger charge is -2.40. The Morgan fingerprint density at radius 1 is 1.08 bits per heavy atom. The number of esters is 1. The summed E-state index contributed by atoms with van der Waals surface area (Å²) >= 11 is 0. The molecule has 39 heavy (non-hydrogen) atoms. The highest BCUT2D eigenvalue weighted by Crippen LogP contribution is 2.43. The number of aliphatic hydroxyl groups is 4. The Hall–Kier alpha value is -3.62. The Labute approximate surface area is 222 Å². The van der Waals surface area contributed by atoms with E-state index in [1.807, 2.05) is 0 Å². The van der Waals surface area contributed by atoms with Gasteiger partial charge in [-0.25, -0.2) is 0 Å². The zero-order valence-electron chi connectivity index (χ0n) is 21.1. The van der Waals surface area contributed by atoms with Crippen LogP contribution in [0.3, 0.4) is 0 Å². The molecule has 1 fully saturated rings. The van der Waals surface area contributed by atoms with E-state index in [1.165, 1.54) is 32.2 Å². The molecular formula is C26H30O13. The summed E-state index contributed by atoms with van der Waals surface area (Å²) in [7, 11) is 1.38. The van der Waals surface area contributed by atoms with Crippen LogP contribution in [-0.2, 0) is 14.3 Å². The molecule has 2 heterocycles. The van der Waals surface area contributed by atoms with Crippen LogP contribution in [0.15, 0.2) is 30.3 Å². The highest BCUT2D eigenvalue weighted by atomic mass is 16.7. The monoisotopic (exact) mass is 550 g/mol. The predicted octanol–water partition coefficient (Wildman–Crippen LogP) is 0.313. The fourth-order valence-corrected chi connectivity index (χ4v) is 4.32. The summed E-state index contributed by atoms with van der Waals surface area (Å²) in [5, 5.41) is 60.7. The summed E-state index contributed by atoms with van der Waals surface area (Å²) in [4.78, 5) is 24.6. The first-order chi connectivity index (χ1) is 18.5. The molecule has 1 saturated heterocycles. The quantitative estimate of drug-likeness (QED) is 0.246. The maximum absolute atomic E-state index is 12.8. The van der Waals surface area contributed by atoms with Crippen molar-refractivity contribution in [2.45, 2.75) is 62.7 Å². The molecule has 0 spiro atoms. The number of carbonyl (C=O) groups excluding carboxylic acids is 2. The molecule has 0 bridgehead atoms. The van der Waals surface area contributed by atoms with Crippen molar-refractivity contribution < 1.29 is 63.9 Å². The SMILES string of the molecule is COc1cc(C2CC(=O)c3c(O)cc(O[C@@H]4O[C@H](COC(=O)CC(C)O)[C@@H](O)[C@H](O)[C@H]4O)cc3O2)ccc1O. The lowest BCUT2D eigenvalue weighted by molar-refractivity contribution is -0.278. The smallest absolute Gasteiger partial charge is 0.308 e. The highest BCUT2D eigenvalue weighted by molar-refractivity contribution is 6.02. The Kier molecular flexibility index (Phi) is 8.47. The van der Waals surface area contributed by atoms with E-state index in [-0.39, 0.29) is 41.4 Å². The summed E-state index contributed by atoms with van der Waals surface area (Å²) in [5.41, 5.74) is 0.457. The standard InChI is InChI=1S/C26H30O13/c1-11(27)5-21(31)36-10-20-23(32)24(33)25(34)26(39-20)37-13-7-15(29)22-16(30)9-17(38-19(22)8-13)12-3-4-14(28)18(6-12)35-2/h3-4,6-8,11,17,20,23-29,32-34H,5,9-10H2,1-2H3/t11?,17?,20-,23-,24+,25-,26-/m1/s1. The summed E-state index contributed by atoms with van der Waals surface area (Å²) in [5.74, 6) is -1.65. The van der Waals surface area contributed by atoms with Gasteiger partial charge in [-0.1, -0.05) is 6.07 Å². The Morgan fingerprint density at radius 3 is 2.51 bits per heavy atom. The lowest BCUT2D eigenvalue weighted by Crippen LogP contribution is -2.60. The van der Waals surface area contributed by atoms with Gasteiger partial charge >= 0.3 is 5.97 Å². The van der Waals surface area contributed by atoms with E-state index in [1.54, 1.807) is 6.07 Å². The maximum Gasteiger partial charge on any atom is 0.308 e. The number of phenolic OH excluding ortho intramolecular Hbond substituents is 2. The van der Waals surface area contributed by atoms with E-state index >= 15 is 0 Å². The molecule has 0 saturated carbocycles. The van der Waals surface area contributed by atoms with Crippen molar-refractivity contribution in [3.63, 3.8) is 0 Å². The van der Waals surface area contributed by atoms with Gasteiger partial charge in [-0.15, -0.1) is 0 Å². The summed E-state index contributed by atoms with van der Waals surface area (Å²) < 4.78 is 27.2. The van der Waals surface area contributed by atoms with Gasteiger partial charge in [0.05, 0.1) is 26.1 Å². The molecule has 0 aromatic heterocycles. The number of ketones is 1. The number of benzene rings is 2. The minimum Gasteiger partial charge on any atom is -0.507 e. The molecule has 4 rings (SSSR count). The van der Waals surface area contributed by atoms with E-state index in [4.69, 9.17) is 23.7 Å². The van der Waals surface area contributed by atoms with Gasteiger partial charge in [0.15, 0.2) is 17.3 Å². The second kappa shape index (κ2) is 11.6. The molecule has 0 aliphatic carbocycles. The molecule has 2 aliphatic rings. The number of rotatable bonds is 8. The summed E-state index contributed by atoms with van der Waals surface area (Å²) in [6.07, 6.45) is -10.1. The van der Waals surface area contributed by atoms with Crippen LogP contribution in [0.5, 0.6) is 28.7 Å². The van der Waals surface area contributed by atoms with Crippen molar-refractivity contribution in [1.82, 2.24) is 0 Å². The van der Waals surface area contributed by atoms with Crippen molar-refractivity contribution in [2.24, 2.45) is 0 Å². The highest BCUT2D eigenvalue weighted by Gasteiger charge is 2.45. The number of phenols is 2. The maximum atomic E-state index is 12.8. The van der Waals surface area contributed by atoms with Gasteiger partial charge in [0.25, 0.3) is 0 Å². The van der Waals surface area contributed by atoms with Gasteiger partial charge in [-0.05, 0) is 24.6 Å². The van der Waals surface area contributed by atoms with Crippen molar-refractivity contribution in [1.29, 1.82) is 0 Å². The van der Waals surface area contributed by atoms with E-state index in [0.29, 0.717) is 5.56 Å². The minimum atomic E-state index is -1.73. The van der Waals surface area contributed by atoms with E-state index < -0.39 is 67.0 Å². The average Bonchev–Trinajstić information content (AvgIpc) is 2.87. The molecule has 2 aromatic carbocycles. The van der Waals surface area contributed by atoms with Crippen molar-refractivity contribution >= 4 is 11.8 Å². The lowest BCUT2D eigenvalue weighted by atomic mass is 9.95. The molecule has 212 valence electrons. The third-order valence-electron chi connectivity index (χ3n) is 6.34. The van der Waals surface area contributed by atoms with Gasteiger partial charge < -0.3 is 54.3 Å². The number of aromatic hydroxyl groups is 2. The predicted molar refractivity (Wildman–Crippen MR) is 130 cm³/mol. The number of methoxy groups -OCH3 is 1. The molecule has 13 nitrogen and oxygen atoms in total. The number of aliphatic hydroxyl groups excluding tert-OH is 4. The normalized spacial score (nSPS) is 27.2. The largest absolute Gasteiger partial charge is 0.507 e. The summed E-state index contributed by atoms with van der Waals surface area (Å²) in [6.45, 7) is 0.896. The fraction of sp³-hybridized carbons (Fsp3) is 0.462. The molecule has 7 atom stereocenters. The average molecular weight is 551 g/mol. The van der Waals surface area contributed by atoms with Gasteiger partial charge in [0.2, 0.25) is 6.29 Å². The number of hydrogen-bond acceptors (Lipinski definition) is 13. The first-order valence-corrected chi connectivity index (χ1v) is 12.1. The number of ether oxygens (including phenoxy) is 5. The Balaban J connectivity index is 1.52. The molecule has 2 unspecified atom stereocenters. The third kappa shape index (κ3) is 6.18. The van der Waals surface area contributed by atoms with Crippen LogP contribution in [-0.4, -0.2) is 92.9 Å². The van der Waals surface area contributed by atoms with Crippen LogP contribution < -0.4 is 14.2 Å². The summed E-state index contributed by atoms with van der Waals surface area (Å²) in [6, 6.07) is 6.88. The van der Waals surface area contributed by atoms with E-state index in [2.05, 4.69) is 0 Å². The second-order valence-corrected chi connectivity index (χ2v) is 9.35. The van der Waals surface area contributed by atoms with Gasteiger partial charge in [-0.3, -0.25) is 9.59 Å². The van der Waals surface area contributed by atoms with E-state index in [9.17, 15) is 40.2 Å². The second-order valence-electron chi connectivity index (χ2n) is 9.35. The zero-order valence-corrected chi connectivity index (χ0v) is 21.1. The van der Waals surface area contributed by atoms with Crippen molar-refractivity contribution in [3.05, 3.63) is 41.5 Å². The van der Waals surface area contributed by atoms with Crippen molar-refractivity contribution in [2.75, 3.05) is 13.7 Å². The van der Waals surface area contributed by atoms with E-state index in [0.717, 1.165) is 6.07 Å². The Bertz CT molecular complexity index is 1210. The Morgan fingerprint density at radius 2 is 1.82 bits per heavy atom. The molecule has 6 N–H and O–H groups in total. The van der Waals surface area contributed by atoms with Crippen LogP contribution in [0.2, 0.25) is 0 Å². The minimum absolute atomic E-state index is 0.0206.